The molecule has 1 amide bonds. The van der Waals surface area contributed by atoms with Crippen LogP contribution in [0.15, 0.2) is 22.7 Å². The largest absolute Gasteiger partial charge is 0.495 e. The third-order valence-corrected chi connectivity index (χ3v) is 3.23. The van der Waals surface area contributed by atoms with Gasteiger partial charge in [0.05, 0.1) is 24.8 Å². The van der Waals surface area contributed by atoms with Gasteiger partial charge in [0.25, 0.3) is 0 Å². The van der Waals surface area contributed by atoms with Crippen molar-refractivity contribution in [3.8, 4) is 11.8 Å². The molecule has 17 heavy (non-hydrogen) atoms. The van der Waals surface area contributed by atoms with E-state index in [1.165, 1.54) is 0 Å². The zero-order chi connectivity index (χ0) is 12.4. The van der Waals surface area contributed by atoms with Gasteiger partial charge in [-0.3, -0.25) is 4.79 Å². The Balaban J connectivity index is 2.37. The Bertz CT molecular complexity index is 496. The lowest BCUT2D eigenvalue weighted by Gasteiger charge is -2.19. The fourth-order valence-corrected chi connectivity index (χ4v) is 2.25. The minimum absolute atomic E-state index is 0.0343. The topological polar surface area (TPSA) is 53.3 Å². The summed E-state index contributed by atoms with van der Waals surface area (Å²) < 4.78 is 6.11. The van der Waals surface area contributed by atoms with Crippen molar-refractivity contribution in [1.29, 1.82) is 5.26 Å². The SMILES string of the molecule is COc1ccc(Br)cc1N1CC(C#N)CC1=O. The predicted molar refractivity (Wildman–Crippen MR) is 66.8 cm³/mol. The van der Waals surface area contributed by atoms with E-state index in [1.807, 2.05) is 12.1 Å². The number of ether oxygens (including phenoxy) is 1. The van der Waals surface area contributed by atoms with E-state index in [0.717, 1.165) is 4.47 Å². The minimum Gasteiger partial charge on any atom is -0.495 e. The molecule has 1 aromatic rings. The second-order valence-corrected chi connectivity index (χ2v) is 4.77. The molecule has 1 fully saturated rings. The van der Waals surface area contributed by atoms with Crippen molar-refractivity contribution >= 4 is 27.5 Å². The fourth-order valence-electron chi connectivity index (χ4n) is 1.90. The highest BCUT2D eigenvalue weighted by atomic mass is 79.9. The van der Waals surface area contributed by atoms with E-state index >= 15 is 0 Å². The molecule has 1 heterocycles. The van der Waals surface area contributed by atoms with Gasteiger partial charge in [-0.2, -0.15) is 5.26 Å². The maximum absolute atomic E-state index is 11.8. The molecule has 2 rings (SSSR count). The van der Waals surface area contributed by atoms with Gasteiger partial charge in [0.15, 0.2) is 0 Å². The van der Waals surface area contributed by atoms with Crippen molar-refractivity contribution in [3.05, 3.63) is 22.7 Å². The smallest absolute Gasteiger partial charge is 0.228 e. The first-order chi connectivity index (χ1) is 8.15. The number of halogens is 1. The average molecular weight is 295 g/mol. The average Bonchev–Trinajstić information content (AvgIpc) is 2.70. The highest BCUT2D eigenvalue weighted by Gasteiger charge is 2.32. The Kier molecular flexibility index (Phi) is 3.34. The lowest BCUT2D eigenvalue weighted by Crippen LogP contribution is -2.24. The Labute approximate surface area is 108 Å². The van der Waals surface area contributed by atoms with Gasteiger partial charge >= 0.3 is 0 Å². The van der Waals surface area contributed by atoms with Crippen LogP contribution in [0, 0.1) is 17.2 Å². The second kappa shape index (κ2) is 4.76. The molecule has 1 saturated heterocycles. The zero-order valence-corrected chi connectivity index (χ0v) is 10.9. The van der Waals surface area contributed by atoms with Crippen LogP contribution in [0.25, 0.3) is 0 Å². The third-order valence-electron chi connectivity index (χ3n) is 2.74. The molecule has 0 spiro atoms. The molecule has 1 aliphatic rings. The normalized spacial score (nSPS) is 19.2. The van der Waals surface area contributed by atoms with Gasteiger partial charge in [0.2, 0.25) is 5.91 Å². The van der Waals surface area contributed by atoms with Crippen LogP contribution in [-0.4, -0.2) is 19.6 Å². The molecule has 0 aromatic heterocycles. The molecule has 4 nitrogen and oxygen atoms in total. The maximum atomic E-state index is 11.8. The number of hydrogen-bond acceptors (Lipinski definition) is 3. The molecule has 88 valence electrons. The molecule has 0 saturated carbocycles. The van der Waals surface area contributed by atoms with Crippen molar-refractivity contribution in [1.82, 2.24) is 0 Å². The molecular formula is C12H11BrN2O2. The van der Waals surface area contributed by atoms with E-state index < -0.39 is 0 Å². The number of amides is 1. The Hall–Kier alpha value is -1.54. The Morgan fingerprint density at radius 1 is 1.59 bits per heavy atom. The van der Waals surface area contributed by atoms with E-state index in [1.54, 1.807) is 18.1 Å². The minimum atomic E-state index is -0.230. The molecule has 0 bridgehead atoms. The number of carbonyl (C=O) groups excluding carboxylic acids is 1. The van der Waals surface area contributed by atoms with Crippen molar-refractivity contribution in [2.24, 2.45) is 5.92 Å². The number of anilines is 1. The summed E-state index contributed by atoms with van der Waals surface area (Å²) in [6, 6.07) is 7.61. The number of carbonyl (C=O) groups is 1. The molecule has 1 aliphatic heterocycles. The Morgan fingerprint density at radius 3 is 2.94 bits per heavy atom. The summed E-state index contributed by atoms with van der Waals surface area (Å²) in [5.74, 6) is 0.374. The first-order valence-corrected chi connectivity index (χ1v) is 5.98. The summed E-state index contributed by atoms with van der Waals surface area (Å²) in [4.78, 5) is 13.4. The zero-order valence-electron chi connectivity index (χ0n) is 9.31. The van der Waals surface area contributed by atoms with Crippen LogP contribution in [0.1, 0.15) is 6.42 Å². The van der Waals surface area contributed by atoms with Crippen molar-refractivity contribution in [2.45, 2.75) is 6.42 Å². The molecule has 1 unspecified atom stereocenters. The van der Waals surface area contributed by atoms with Gasteiger partial charge in [0.1, 0.15) is 5.75 Å². The van der Waals surface area contributed by atoms with Crippen molar-refractivity contribution < 1.29 is 9.53 Å². The van der Waals surface area contributed by atoms with Crippen LogP contribution in [0.5, 0.6) is 5.75 Å². The summed E-state index contributed by atoms with van der Waals surface area (Å²) >= 11 is 3.37. The molecule has 0 aliphatic carbocycles. The van der Waals surface area contributed by atoms with Gasteiger partial charge < -0.3 is 9.64 Å². The third kappa shape index (κ3) is 2.27. The van der Waals surface area contributed by atoms with E-state index in [4.69, 9.17) is 10.00 Å². The van der Waals surface area contributed by atoms with Gasteiger partial charge in [-0.1, -0.05) is 15.9 Å². The van der Waals surface area contributed by atoms with Crippen LogP contribution < -0.4 is 9.64 Å². The quantitative estimate of drug-likeness (QED) is 0.841. The first-order valence-electron chi connectivity index (χ1n) is 5.19. The maximum Gasteiger partial charge on any atom is 0.228 e. The summed E-state index contributed by atoms with van der Waals surface area (Å²) in [7, 11) is 1.56. The monoisotopic (exact) mass is 294 g/mol. The van der Waals surface area contributed by atoms with Crippen LogP contribution in [0.2, 0.25) is 0 Å². The molecule has 0 N–H and O–H groups in total. The number of rotatable bonds is 2. The predicted octanol–water partition coefficient (Wildman–Crippen LogP) is 2.33. The van der Waals surface area contributed by atoms with Crippen LogP contribution >= 0.6 is 15.9 Å². The molecule has 5 heteroatoms. The molecule has 0 radical (unpaired) electrons. The first kappa shape index (κ1) is 11.9. The van der Waals surface area contributed by atoms with E-state index in [0.29, 0.717) is 18.0 Å². The van der Waals surface area contributed by atoms with Gasteiger partial charge in [-0.05, 0) is 18.2 Å². The van der Waals surface area contributed by atoms with E-state index in [2.05, 4.69) is 22.0 Å². The number of hydrogen-bond donors (Lipinski definition) is 0. The fraction of sp³-hybridized carbons (Fsp3) is 0.333. The summed E-state index contributed by atoms with van der Waals surface area (Å²) in [6.07, 6.45) is 0.284. The highest BCUT2D eigenvalue weighted by molar-refractivity contribution is 9.10. The number of benzene rings is 1. The molecule has 1 aromatic carbocycles. The molecule has 1 atom stereocenters. The highest BCUT2D eigenvalue weighted by Crippen LogP contribution is 2.35. The van der Waals surface area contributed by atoms with Crippen LogP contribution in [0.4, 0.5) is 5.69 Å². The van der Waals surface area contributed by atoms with Crippen LogP contribution in [-0.2, 0) is 4.79 Å². The van der Waals surface area contributed by atoms with Gasteiger partial charge in [-0.15, -0.1) is 0 Å². The number of nitriles is 1. The number of methoxy groups -OCH3 is 1. The lowest BCUT2D eigenvalue weighted by atomic mass is 10.1. The summed E-state index contributed by atoms with van der Waals surface area (Å²) in [6.45, 7) is 0.433. The summed E-state index contributed by atoms with van der Waals surface area (Å²) in [5.41, 5.74) is 0.713. The van der Waals surface area contributed by atoms with E-state index in [-0.39, 0.29) is 18.2 Å². The standard InChI is InChI=1S/C12H11BrN2O2/c1-17-11-3-2-9(13)5-10(11)15-7-8(6-14)4-12(15)16/h2-3,5,8H,4,7H2,1H3. The molecular weight excluding hydrogens is 284 g/mol. The van der Waals surface area contributed by atoms with Crippen LogP contribution in [0.3, 0.4) is 0 Å². The number of nitrogens with zero attached hydrogens (tertiary/aromatic N) is 2. The van der Waals surface area contributed by atoms with Crippen molar-refractivity contribution in [3.63, 3.8) is 0 Å². The summed E-state index contributed by atoms with van der Waals surface area (Å²) in [5, 5.41) is 8.86. The van der Waals surface area contributed by atoms with Crippen molar-refractivity contribution in [2.75, 3.05) is 18.6 Å². The van der Waals surface area contributed by atoms with Gasteiger partial charge in [0, 0.05) is 17.4 Å². The second-order valence-electron chi connectivity index (χ2n) is 3.85. The lowest BCUT2D eigenvalue weighted by molar-refractivity contribution is -0.117. The van der Waals surface area contributed by atoms with Gasteiger partial charge in [-0.25, -0.2) is 0 Å². The Morgan fingerprint density at radius 2 is 2.35 bits per heavy atom. The van der Waals surface area contributed by atoms with E-state index in [9.17, 15) is 4.79 Å².